The van der Waals surface area contributed by atoms with Crippen molar-refractivity contribution < 1.29 is 0 Å². The zero-order chi connectivity index (χ0) is 13.0. The Morgan fingerprint density at radius 2 is 1.67 bits per heavy atom. The van der Waals surface area contributed by atoms with E-state index in [9.17, 15) is 0 Å². The molecule has 18 heavy (non-hydrogen) atoms. The standard InChI is InChI=1S/C17H33N/c1-4-18-16(15-9-5-6-10-15)17(13-14(2)3)11-7-8-12-17/h14-16,18H,4-13H2,1-3H3. The topological polar surface area (TPSA) is 12.0 Å². The van der Waals surface area contributed by atoms with Crippen molar-refractivity contribution in [3.05, 3.63) is 0 Å². The Balaban J connectivity index is 2.13. The second-order valence-electron chi connectivity index (χ2n) is 7.25. The molecule has 0 bridgehead atoms. The fourth-order valence-corrected chi connectivity index (χ4v) is 4.93. The molecular formula is C17H33N. The van der Waals surface area contributed by atoms with Crippen LogP contribution in [-0.2, 0) is 0 Å². The average molecular weight is 251 g/mol. The predicted molar refractivity (Wildman–Crippen MR) is 79.8 cm³/mol. The second kappa shape index (κ2) is 6.41. The lowest BCUT2D eigenvalue weighted by Crippen LogP contribution is -2.48. The third-order valence-corrected chi connectivity index (χ3v) is 5.37. The minimum atomic E-state index is 0.638. The van der Waals surface area contributed by atoms with Crippen LogP contribution in [-0.4, -0.2) is 12.6 Å². The molecule has 0 saturated heterocycles. The molecule has 0 radical (unpaired) electrons. The lowest BCUT2D eigenvalue weighted by molar-refractivity contribution is 0.112. The SMILES string of the molecule is CCNC(C1CCCC1)C1(CC(C)C)CCCC1. The van der Waals surface area contributed by atoms with Crippen LogP contribution in [0.25, 0.3) is 0 Å². The van der Waals surface area contributed by atoms with Gasteiger partial charge in [-0.2, -0.15) is 0 Å². The van der Waals surface area contributed by atoms with Crippen LogP contribution in [0.3, 0.4) is 0 Å². The Kier molecular flexibility index (Phi) is 5.12. The van der Waals surface area contributed by atoms with Crippen molar-refractivity contribution in [1.82, 2.24) is 5.32 Å². The summed E-state index contributed by atoms with van der Waals surface area (Å²) in [6.07, 6.45) is 13.3. The maximum absolute atomic E-state index is 3.91. The molecule has 2 aliphatic rings. The molecule has 0 aliphatic heterocycles. The van der Waals surface area contributed by atoms with E-state index < -0.39 is 0 Å². The van der Waals surface area contributed by atoms with Gasteiger partial charge in [0.05, 0.1) is 0 Å². The average Bonchev–Trinajstić information content (AvgIpc) is 2.96. The molecule has 2 fully saturated rings. The number of hydrogen-bond acceptors (Lipinski definition) is 1. The second-order valence-corrected chi connectivity index (χ2v) is 7.25. The van der Waals surface area contributed by atoms with Gasteiger partial charge in [0.15, 0.2) is 0 Å². The van der Waals surface area contributed by atoms with E-state index in [0.717, 1.165) is 24.4 Å². The molecule has 1 heteroatoms. The molecule has 2 saturated carbocycles. The zero-order valence-corrected chi connectivity index (χ0v) is 12.8. The first-order chi connectivity index (χ1) is 8.68. The van der Waals surface area contributed by atoms with E-state index in [1.54, 1.807) is 0 Å². The number of hydrogen-bond donors (Lipinski definition) is 1. The first kappa shape index (κ1) is 14.4. The molecule has 0 amide bonds. The summed E-state index contributed by atoms with van der Waals surface area (Å²) < 4.78 is 0. The monoisotopic (exact) mass is 251 g/mol. The van der Waals surface area contributed by atoms with Crippen LogP contribution in [0.4, 0.5) is 0 Å². The minimum Gasteiger partial charge on any atom is -0.313 e. The summed E-state index contributed by atoms with van der Waals surface area (Å²) >= 11 is 0. The van der Waals surface area contributed by atoms with Gasteiger partial charge in [0.25, 0.3) is 0 Å². The molecule has 106 valence electrons. The summed E-state index contributed by atoms with van der Waals surface area (Å²) in [5, 5.41) is 3.91. The van der Waals surface area contributed by atoms with Crippen LogP contribution in [0.1, 0.15) is 78.6 Å². The lowest BCUT2D eigenvalue weighted by Gasteiger charge is -2.43. The van der Waals surface area contributed by atoms with Crippen LogP contribution in [0.5, 0.6) is 0 Å². The van der Waals surface area contributed by atoms with Gasteiger partial charge in [0.2, 0.25) is 0 Å². The fourth-order valence-electron chi connectivity index (χ4n) is 4.93. The van der Waals surface area contributed by atoms with E-state index in [1.165, 1.54) is 57.8 Å². The molecule has 2 aliphatic carbocycles. The van der Waals surface area contributed by atoms with Crippen molar-refractivity contribution in [3.8, 4) is 0 Å². The van der Waals surface area contributed by atoms with Crippen molar-refractivity contribution in [1.29, 1.82) is 0 Å². The Bertz CT molecular complexity index is 234. The van der Waals surface area contributed by atoms with E-state index in [0.29, 0.717) is 5.41 Å². The van der Waals surface area contributed by atoms with E-state index in [1.807, 2.05) is 0 Å². The Morgan fingerprint density at radius 3 is 2.17 bits per heavy atom. The highest BCUT2D eigenvalue weighted by molar-refractivity contribution is 4.99. The zero-order valence-electron chi connectivity index (χ0n) is 12.8. The summed E-state index contributed by atoms with van der Waals surface area (Å²) in [5.41, 5.74) is 0.638. The third kappa shape index (κ3) is 3.10. The lowest BCUT2D eigenvalue weighted by atomic mass is 9.68. The molecule has 1 atom stereocenters. The van der Waals surface area contributed by atoms with Gasteiger partial charge in [-0.05, 0) is 55.9 Å². The van der Waals surface area contributed by atoms with Crippen molar-refractivity contribution >= 4 is 0 Å². The normalized spacial score (nSPS) is 26.0. The first-order valence-electron chi connectivity index (χ1n) is 8.41. The molecule has 1 nitrogen and oxygen atoms in total. The smallest absolute Gasteiger partial charge is 0.0152 e. The highest BCUT2D eigenvalue weighted by atomic mass is 14.9. The van der Waals surface area contributed by atoms with Crippen LogP contribution in [0.15, 0.2) is 0 Å². The largest absolute Gasteiger partial charge is 0.313 e. The fraction of sp³-hybridized carbons (Fsp3) is 1.00. The molecule has 0 aromatic carbocycles. The third-order valence-electron chi connectivity index (χ3n) is 5.37. The van der Waals surface area contributed by atoms with Gasteiger partial charge in [-0.3, -0.25) is 0 Å². The van der Waals surface area contributed by atoms with Crippen molar-refractivity contribution in [3.63, 3.8) is 0 Å². The summed E-state index contributed by atoms with van der Waals surface area (Å²) in [6.45, 7) is 8.27. The predicted octanol–water partition coefficient (Wildman–Crippen LogP) is 4.76. The highest BCUT2D eigenvalue weighted by Gasteiger charge is 2.44. The van der Waals surface area contributed by atoms with Gasteiger partial charge >= 0.3 is 0 Å². The van der Waals surface area contributed by atoms with Gasteiger partial charge < -0.3 is 5.32 Å². The maximum Gasteiger partial charge on any atom is 0.0152 e. The van der Waals surface area contributed by atoms with Crippen LogP contribution >= 0.6 is 0 Å². The summed E-state index contributed by atoms with van der Waals surface area (Å²) in [4.78, 5) is 0. The quantitative estimate of drug-likeness (QED) is 0.717. The molecule has 1 unspecified atom stereocenters. The summed E-state index contributed by atoms with van der Waals surface area (Å²) in [7, 11) is 0. The van der Waals surface area contributed by atoms with Crippen molar-refractivity contribution in [2.24, 2.45) is 17.3 Å². The van der Waals surface area contributed by atoms with Gasteiger partial charge in [0, 0.05) is 6.04 Å². The summed E-state index contributed by atoms with van der Waals surface area (Å²) in [6, 6.07) is 0.815. The van der Waals surface area contributed by atoms with Crippen LogP contribution in [0, 0.1) is 17.3 Å². The molecule has 2 rings (SSSR count). The number of rotatable bonds is 6. The Hall–Kier alpha value is -0.0400. The summed E-state index contributed by atoms with van der Waals surface area (Å²) in [5.74, 6) is 1.83. The molecule has 0 spiro atoms. The number of nitrogens with one attached hydrogen (secondary N) is 1. The first-order valence-corrected chi connectivity index (χ1v) is 8.41. The van der Waals surface area contributed by atoms with E-state index >= 15 is 0 Å². The van der Waals surface area contributed by atoms with E-state index in [4.69, 9.17) is 0 Å². The molecule has 0 aromatic heterocycles. The molecular weight excluding hydrogens is 218 g/mol. The minimum absolute atomic E-state index is 0.638. The van der Waals surface area contributed by atoms with Gasteiger partial charge in [-0.1, -0.05) is 46.5 Å². The maximum atomic E-state index is 3.91. The van der Waals surface area contributed by atoms with Crippen molar-refractivity contribution in [2.45, 2.75) is 84.6 Å². The van der Waals surface area contributed by atoms with Crippen molar-refractivity contribution in [2.75, 3.05) is 6.54 Å². The van der Waals surface area contributed by atoms with Gasteiger partial charge in [0.1, 0.15) is 0 Å². The Labute approximate surface area is 114 Å². The van der Waals surface area contributed by atoms with Crippen LogP contribution < -0.4 is 5.32 Å². The highest BCUT2D eigenvalue weighted by Crippen LogP contribution is 2.50. The molecule has 0 aromatic rings. The Morgan fingerprint density at radius 1 is 1.06 bits per heavy atom. The van der Waals surface area contributed by atoms with E-state index in [2.05, 4.69) is 26.1 Å². The molecule has 0 heterocycles. The van der Waals surface area contributed by atoms with Gasteiger partial charge in [-0.25, -0.2) is 0 Å². The van der Waals surface area contributed by atoms with E-state index in [-0.39, 0.29) is 0 Å². The van der Waals surface area contributed by atoms with Gasteiger partial charge in [-0.15, -0.1) is 0 Å². The molecule has 1 N–H and O–H groups in total. The van der Waals surface area contributed by atoms with Crippen LogP contribution in [0.2, 0.25) is 0 Å².